The molecule has 4 aromatic rings. The monoisotopic (exact) mass is 946 g/mol. The van der Waals surface area contributed by atoms with Crippen molar-refractivity contribution in [2.45, 2.75) is 19.6 Å². The molecule has 0 spiro atoms. The number of sulfone groups is 2. The predicted octanol–water partition coefficient (Wildman–Crippen LogP) is -3.88. The number of hydrogen-bond donors (Lipinski definition) is 2. The summed E-state index contributed by atoms with van der Waals surface area (Å²) in [4.78, 5) is -2.29. The van der Waals surface area contributed by atoms with E-state index in [-0.39, 0.29) is 91.1 Å². The number of phenolic OH excluding ortho intramolecular Hbond substituents is 1. The molecule has 0 fully saturated rings. The van der Waals surface area contributed by atoms with E-state index in [1.807, 2.05) is 0 Å². The minimum atomic E-state index is -5.40. The van der Waals surface area contributed by atoms with Gasteiger partial charge in [0.1, 0.15) is 21.5 Å². The van der Waals surface area contributed by atoms with Crippen molar-refractivity contribution < 1.29 is 133 Å². The molecule has 0 saturated heterocycles. The normalized spacial score (nSPS) is 12.7. The Balaban J connectivity index is 0.00000561. The van der Waals surface area contributed by atoms with E-state index in [9.17, 15) is 60.2 Å². The number of nitrogens with zero attached hydrogens (tertiary/aromatic N) is 4. The van der Waals surface area contributed by atoms with E-state index < -0.39 is 123 Å². The smallest absolute Gasteiger partial charge is 0.744 e. The molecule has 306 valence electrons. The molecule has 0 bridgehead atoms. The Hall–Kier alpha value is -2.52. The molecule has 0 aliphatic heterocycles. The fourth-order valence-corrected chi connectivity index (χ4v) is 8.85. The third kappa shape index (κ3) is 14.3. The van der Waals surface area contributed by atoms with Crippen LogP contribution in [0.25, 0.3) is 10.8 Å². The van der Waals surface area contributed by atoms with Gasteiger partial charge in [-0.1, -0.05) is 6.07 Å². The third-order valence-electron chi connectivity index (χ3n) is 6.98. The van der Waals surface area contributed by atoms with Crippen LogP contribution >= 0.6 is 0 Å². The quantitative estimate of drug-likeness (QED) is 0.0206. The summed E-state index contributed by atoms with van der Waals surface area (Å²) in [5.41, 5.74) is 3.88. The Kier molecular flexibility index (Phi) is 19.2. The van der Waals surface area contributed by atoms with Crippen molar-refractivity contribution in [2.24, 2.45) is 20.5 Å². The van der Waals surface area contributed by atoms with Crippen molar-refractivity contribution in [1.82, 2.24) is 0 Å². The Morgan fingerprint density at radius 1 is 0.672 bits per heavy atom. The molecule has 4 rings (SSSR count). The number of benzene rings is 4. The van der Waals surface area contributed by atoms with Crippen LogP contribution < -0.4 is 64.8 Å². The molecule has 0 aromatic heterocycles. The topological polar surface area (TPSA) is 375 Å². The minimum absolute atomic E-state index is 0. The number of nitrogens with two attached hydrogens (primary N) is 1. The van der Waals surface area contributed by atoms with Gasteiger partial charge in [0.2, 0.25) is 0 Å². The molecule has 0 saturated carbocycles. The zero-order valence-corrected chi connectivity index (χ0v) is 39.5. The maximum atomic E-state index is 12.5. The van der Waals surface area contributed by atoms with E-state index in [4.69, 9.17) is 5.73 Å². The van der Waals surface area contributed by atoms with E-state index in [1.54, 1.807) is 0 Å². The summed E-state index contributed by atoms with van der Waals surface area (Å²) in [6.07, 6.45) is 1.50. The zero-order valence-electron chi connectivity index (χ0n) is 30.6. The first-order chi connectivity index (χ1) is 25.3. The van der Waals surface area contributed by atoms with Crippen molar-refractivity contribution in [1.29, 1.82) is 0 Å². The number of aromatic hydroxyl groups is 1. The second-order valence-electron chi connectivity index (χ2n) is 11.1. The van der Waals surface area contributed by atoms with Gasteiger partial charge in [0.15, 0.2) is 25.4 Å². The van der Waals surface area contributed by atoms with Crippen LogP contribution in [0.3, 0.4) is 0 Å². The van der Waals surface area contributed by atoms with E-state index >= 15 is 0 Å². The largest absolute Gasteiger partial charge is 1.00 e. The van der Waals surface area contributed by atoms with Crippen LogP contribution in [0, 0.1) is 0 Å². The SMILES string of the molecule is CS(=O)(=O)OCCS(=O)(=O)c1ccc(N=Nc2c(S(=O)(=O)[O-])cc3cc([S-](=O)=O)c(N=Nc4ccc(S(=O)(=O)CCOS(C)(=O)=O)cc4)c(O)c3c2N)cc1.[Na+].[Na+].[OH3+]. The molecule has 0 atom stereocenters. The molecule has 4 aromatic carbocycles. The molecule has 0 aliphatic carbocycles. The minimum Gasteiger partial charge on any atom is -0.744 e. The van der Waals surface area contributed by atoms with Gasteiger partial charge in [-0.15, -0.1) is 10.2 Å². The Labute approximate surface area is 378 Å². The van der Waals surface area contributed by atoms with Crippen molar-refractivity contribution >= 4 is 99.9 Å². The van der Waals surface area contributed by atoms with Gasteiger partial charge in [0.25, 0.3) is 20.2 Å². The molecule has 22 nitrogen and oxygen atoms in total. The Bertz CT molecular complexity index is 2870. The molecule has 0 aliphatic rings. The molecule has 0 unspecified atom stereocenters. The van der Waals surface area contributed by atoms with Crippen molar-refractivity contribution in [3.63, 3.8) is 0 Å². The van der Waals surface area contributed by atoms with Gasteiger partial charge in [-0.2, -0.15) is 27.1 Å². The first-order valence-electron chi connectivity index (χ1n) is 14.6. The van der Waals surface area contributed by atoms with Crippen molar-refractivity contribution in [3.8, 4) is 5.75 Å². The van der Waals surface area contributed by atoms with Crippen LogP contribution in [0.15, 0.2) is 101 Å². The molecule has 0 heterocycles. The van der Waals surface area contributed by atoms with Crippen LogP contribution in [0.1, 0.15) is 0 Å². The van der Waals surface area contributed by atoms with Gasteiger partial charge in [-0.05, 0) is 75.6 Å². The summed E-state index contributed by atoms with van der Waals surface area (Å²) in [5, 5.41) is 25.6. The zero-order chi connectivity index (χ0) is 41.1. The summed E-state index contributed by atoms with van der Waals surface area (Å²) >= 11 is 0. The van der Waals surface area contributed by atoms with Gasteiger partial charge in [-0.25, -0.2) is 25.3 Å². The number of anilines is 1. The number of hydrogen-bond acceptors (Lipinski definition) is 22. The molecule has 58 heavy (non-hydrogen) atoms. The van der Waals surface area contributed by atoms with E-state index in [1.165, 1.54) is 0 Å². The van der Waals surface area contributed by atoms with Crippen LogP contribution in [-0.4, -0.2) is 89.0 Å². The van der Waals surface area contributed by atoms with Gasteiger partial charge in [0.05, 0.1) is 74.4 Å². The predicted molar refractivity (Wildman–Crippen MR) is 197 cm³/mol. The van der Waals surface area contributed by atoms with Gasteiger partial charge in [-0.3, -0.25) is 8.37 Å². The maximum absolute atomic E-state index is 12.5. The Morgan fingerprint density at radius 2 is 1.07 bits per heavy atom. The van der Waals surface area contributed by atoms with E-state index in [0.717, 1.165) is 67.1 Å². The second kappa shape index (κ2) is 20.8. The summed E-state index contributed by atoms with van der Waals surface area (Å²) in [7, 11) is -24.3. The van der Waals surface area contributed by atoms with Gasteiger partial charge < -0.3 is 29.3 Å². The van der Waals surface area contributed by atoms with Crippen molar-refractivity contribution in [2.75, 3.05) is 43.0 Å². The van der Waals surface area contributed by atoms with Gasteiger partial charge in [0, 0.05) is 0 Å². The third-order valence-corrected chi connectivity index (χ3v) is 13.1. The molecule has 0 amide bonds. The molecular weight excluding hydrogens is 917 g/mol. The molecule has 6 N–H and O–H groups in total. The van der Waals surface area contributed by atoms with Crippen LogP contribution in [0.2, 0.25) is 0 Å². The number of fused-ring (bicyclic) bond motifs is 1. The summed E-state index contributed by atoms with van der Waals surface area (Å²) in [5.74, 6) is -2.31. The fraction of sp³-hybridized carbons (Fsp3) is 0.214. The average Bonchev–Trinajstić information content (AvgIpc) is 3.05. The maximum Gasteiger partial charge on any atom is 1.00 e. The van der Waals surface area contributed by atoms with E-state index in [2.05, 4.69) is 28.8 Å². The van der Waals surface area contributed by atoms with Crippen LogP contribution in [-0.2, 0) is 83.0 Å². The van der Waals surface area contributed by atoms with Gasteiger partial charge >= 0.3 is 59.1 Å². The first-order valence-corrected chi connectivity index (χ1v) is 24.1. The fourth-order valence-electron chi connectivity index (χ4n) is 4.51. The number of rotatable bonds is 16. The van der Waals surface area contributed by atoms with Crippen molar-refractivity contribution in [3.05, 3.63) is 60.7 Å². The summed E-state index contributed by atoms with van der Waals surface area (Å²) in [6, 6.07) is 10.5. The Morgan fingerprint density at radius 3 is 1.43 bits per heavy atom. The standard InChI is InChI=1S/C28H28N5O16S6.2Na.H2O/c1-51(37,38)48-11-13-53(41,42)20-7-3-18(4-8-20)30-32-26-22(50(35)36)15-17-16-23(55(45,46)47)27(25(29)24(17)28(26)34)33-31-19-5-9-21(10-6-19)54(43,44)14-12-49-52(2,39)40;;;/h3-10,15-16,34H,11-14,29H2,1-2H3,(H,45,46,47);;;1H2/q-1;2*+1;. The summed E-state index contributed by atoms with van der Waals surface area (Å²) in [6.45, 7) is -1.28. The van der Waals surface area contributed by atoms with Crippen LogP contribution in [0.4, 0.5) is 28.4 Å². The first kappa shape index (κ1) is 53.5. The van der Waals surface area contributed by atoms with E-state index in [0.29, 0.717) is 6.07 Å². The number of nitrogen functional groups attached to an aromatic ring is 1. The second-order valence-corrected chi connectivity index (χ2v) is 20.8. The average molecular weight is 947 g/mol. The number of phenols is 1. The molecule has 0 radical (unpaired) electrons. The molecular formula is C28H30N5Na2O17S6+. The summed E-state index contributed by atoms with van der Waals surface area (Å²) < 4.78 is 165. The van der Waals surface area contributed by atoms with Crippen LogP contribution in [0.5, 0.6) is 5.75 Å². The molecule has 30 heteroatoms. The number of azo groups is 2.